The minimum atomic E-state index is -1.56. The van der Waals surface area contributed by atoms with Crippen molar-refractivity contribution in [1.82, 2.24) is 24.8 Å². The van der Waals surface area contributed by atoms with Gasteiger partial charge in [0.25, 0.3) is 6.08 Å². The van der Waals surface area contributed by atoms with Gasteiger partial charge in [0.2, 0.25) is 5.88 Å². The van der Waals surface area contributed by atoms with E-state index in [1.54, 1.807) is 7.11 Å². The highest BCUT2D eigenvalue weighted by Crippen LogP contribution is 2.47. The molecule has 4 fully saturated rings. The number of nitrogens with zero attached hydrogens (tertiary/aromatic N) is 6. The van der Waals surface area contributed by atoms with Gasteiger partial charge in [0, 0.05) is 45.2 Å². The first-order valence-electron chi connectivity index (χ1n) is 16.2. The molecule has 47 heavy (non-hydrogen) atoms. The van der Waals surface area contributed by atoms with Crippen molar-refractivity contribution < 1.29 is 36.9 Å². The molecule has 2 atom stereocenters. The maximum Gasteiger partial charge on any atom is 0.410 e. The number of carbonyl (C=O) groups is 1. The van der Waals surface area contributed by atoms with Gasteiger partial charge in [0.15, 0.2) is 11.0 Å². The molecule has 2 aromatic rings. The quantitative estimate of drug-likeness (QED) is 0.225. The van der Waals surface area contributed by atoms with Crippen molar-refractivity contribution in [1.29, 1.82) is 0 Å². The van der Waals surface area contributed by atoms with Gasteiger partial charge in [-0.05, 0) is 64.9 Å². The minimum Gasteiger partial charge on any atom is -0.475 e. The van der Waals surface area contributed by atoms with E-state index in [0.717, 1.165) is 25.7 Å². The Labute approximate surface area is 277 Å². The summed E-state index contributed by atoms with van der Waals surface area (Å²) in [4.78, 5) is 32.6. The second-order valence-electron chi connectivity index (χ2n) is 14.0. The molecule has 11 nitrogen and oxygen atoms in total. The Morgan fingerprint density at radius 1 is 1.02 bits per heavy atom. The predicted molar refractivity (Wildman–Crippen MR) is 169 cm³/mol. The molecule has 0 spiro atoms. The second kappa shape index (κ2) is 13.4. The van der Waals surface area contributed by atoms with Crippen LogP contribution in [0.25, 0.3) is 10.9 Å². The van der Waals surface area contributed by atoms with E-state index in [-0.39, 0.29) is 65.2 Å². The van der Waals surface area contributed by atoms with Crippen LogP contribution in [0.1, 0.15) is 59.3 Å². The largest absolute Gasteiger partial charge is 0.475 e. The van der Waals surface area contributed by atoms with Gasteiger partial charge in [0.1, 0.15) is 28.9 Å². The highest BCUT2D eigenvalue weighted by atomic mass is 35.5. The van der Waals surface area contributed by atoms with Crippen molar-refractivity contribution in [3.63, 3.8) is 0 Å². The number of aromatic nitrogens is 3. The molecule has 4 aliphatic rings. The van der Waals surface area contributed by atoms with Crippen LogP contribution in [-0.4, -0.2) is 108 Å². The van der Waals surface area contributed by atoms with Crippen molar-refractivity contribution in [2.24, 2.45) is 5.41 Å². The Morgan fingerprint density at radius 3 is 2.30 bits per heavy atom. The van der Waals surface area contributed by atoms with Crippen LogP contribution in [0.4, 0.5) is 23.8 Å². The monoisotopic (exact) mass is 682 g/mol. The number of halogens is 4. The highest BCUT2D eigenvalue weighted by molar-refractivity contribution is 6.30. The topological polar surface area (TPSA) is 102 Å². The van der Waals surface area contributed by atoms with Gasteiger partial charge in [-0.25, -0.2) is 9.18 Å². The number of carbonyl (C=O) groups excluding carboxylic acids is 1. The van der Waals surface area contributed by atoms with E-state index in [4.69, 9.17) is 35.5 Å². The van der Waals surface area contributed by atoms with Crippen LogP contribution in [0.15, 0.2) is 11.7 Å². The molecule has 1 aliphatic carbocycles. The number of pyridine rings is 1. The number of methoxy groups -OCH3 is 1. The average molecular weight is 683 g/mol. The van der Waals surface area contributed by atoms with E-state index < -0.39 is 22.7 Å². The molecular weight excluding hydrogens is 641 g/mol. The molecule has 3 aliphatic heterocycles. The normalized spacial score (nSPS) is 22.5. The van der Waals surface area contributed by atoms with Gasteiger partial charge >= 0.3 is 12.1 Å². The Balaban J connectivity index is 1.28. The van der Waals surface area contributed by atoms with Gasteiger partial charge in [-0.2, -0.15) is 23.7 Å². The van der Waals surface area contributed by atoms with Crippen LogP contribution < -0.4 is 14.4 Å². The molecule has 258 valence electrons. The third-order valence-electron chi connectivity index (χ3n) is 9.33. The first-order valence-corrected chi connectivity index (χ1v) is 16.6. The molecule has 2 unspecified atom stereocenters. The summed E-state index contributed by atoms with van der Waals surface area (Å²) < 4.78 is 64.8. The van der Waals surface area contributed by atoms with Crippen LogP contribution in [0.5, 0.6) is 11.9 Å². The van der Waals surface area contributed by atoms with Gasteiger partial charge in [-0.15, -0.1) is 0 Å². The van der Waals surface area contributed by atoms with Crippen molar-refractivity contribution in [2.75, 3.05) is 64.6 Å². The summed E-state index contributed by atoms with van der Waals surface area (Å²) in [6.45, 7) is 8.96. The number of likely N-dealkylation sites (tertiary alicyclic amines) is 1. The Kier molecular flexibility index (Phi) is 9.65. The Bertz CT molecular complexity index is 1510. The molecule has 2 aromatic heterocycles. The number of hydrogen-bond donors (Lipinski definition) is 0. The number of hydrogen-bond acceptors (Lipinski definition) is 10. The van der Waals surface area contributed by atoms with Crippen LogP contribution in [0.2, 0.25) is 5.15 Å². The van der Waals surface area contributed by atoms with Gasteiger partial charge in [0.05, 0.1) is 25.3 Å². The van der Waals surface area contributed by atoms with E-state index in [1.807, 2.05) is 30.6 Å². The van der Waals surface area contributed by atoms with Crippen LogP contribution in [0, 0.1) is 11.2 Å². The summed E-state index contributed by atoms with van der Waals surface area (Å²) in [6.07, 6.45) is 2.23. The molecule has 3 saturated heterocycles. The maximum atomic E-state index is 15.7. The molecule has 2 bridgehead atoms. The fourth-order valence-electron chi connectivity index (χ4n) is 6.77. The molecule has 1 saturated carbocycles. The second-order valence-corrected chi connectivity index (χ2v) is 14.4. The van der Waals surface area contributed by atoms with Gasteiger partial charge in [-0.3, -0.25) is 4.90 Å². The third-order valence-corrected chi connectivity index (χ3v) is 9.59. The average Bonchev–Trinajstić information content (AvgIpc) is 3.73. The van der Waals surface area contributed by atoms with E-state index >= 15 is 4.39 Å². The lowest BCUT2D eigenvalue weighted by Crippen LogP contribution is -2.57. The minimum absolute atomic E-state index is 0.00642. The molecule has 6 rings (SSSR count). The number of piperidine rings is 1. The van der Waals surface area contributed by atoms with E-state index in [2.05, 4.69) is 14.9 Å². The van der Waals surface area contributed by atoms with E-state index in [9.17, 15) is 13.6 Å². The van der Waals surface area contributed by atoms with Crippen LogP contribution >= 0.6 is 11.6 Å². The van der Waals surface area contributed by atoms with Crippen molar-refractivity contribution in [2.45, 2.75) is 77.0 Å². The lowest BCUT2D eigenvalue weighted by molar-refractivity contribution is 0.0122. The molecule has 0 radical (unpaired) electrons. The van der Waals surface area contributed by atoms with Crippen molar-refractivity contribution in [3.05, 3.63) is 22.6 Å². The third kappa shape index (κ3) is 7.49. The van der Waals surface area contributed by atoms with Crippen molar-refractivity contribution >= 4 is 34.4 Å². The summed E-state index contributed by atoms with van der Waals surface area (Å²) in [5.74, 6) is -0.355. The standard InChI is InChI=1S/C32H42ClF3N6O5/c1-31(2,3)47-30(43)42-20-5-6-21(42)16-41(15-20)27-22-24(23(34)25(33)38-28(22)45-14-13-44-4)37-29(39-27)46-18-32(9-10-32)17-40-11-7-19(8-12-40)26(35)36/h20-21H,5-18H2,1-4H3. The summed E-state index contributed by atoms with van der Waals surface area (Å²) in [7, 11) is 1.54. The van der Waals surface area contributed by atoms with Crippen LogP contribution in [0.3, 0.4) is 0 Å². The first-order chi connectivity index (χ1) is 22.4. The SMILES string of the molecule is COCCOc1nc(Cl)c(F)c2nc(OCC3(CN4CCC(=C(F)F)CC4)CC3)nc(N3CC4CCC(C3)N4C(=O)OC(C)(C)C)c12. The number of piperazine rings is 1. The summed E-state index contributed by atoms with van der Waals surface area (Å²) in [6, 6.07) is -0.281. The highest BCUT2D eigenvalue weighted by Gasteiger charge is 2.47. The summed E-state index contributed by atoms with van der Waals surface area (Å²) >= 11 is 6.23. The summed E-state index contributed by atoms with van der Waals surface area (Å²) in [5.41, 5.74) is -0.623. The number of fused-ring (bicyclic) bond motifs is 3. The summed E-state index contributed by atoms with van der Waals surface area (Å²) in [5, 5.41) is -0.129. The first kappa shape index (κ1) is 33.8. The van der Waals surface area contributed by atoms with E-state index in [1.165, 1.54) is 0 Å². The van der Waals surface area contributed by atoms with Gasteiger partial charge < -0.3 is 28.7 Å². The Hall–Kier alpha value is -3.10. The predicted octanol–water partition coefficient (Wildman–Crippen LogP) is 5.84. The number of amides is 1. The van der Waals surface area contributed by atoms with E-state index in [0.29, 0.717) is 58.0 Å². The molecule has 0 N–H and O–H groups in total. The maximum absolute atomic E-state index is 15.7. The zero-order valence-electron chi connectivity index (χ0n) is 27.3. The molecule has 5 heterocycles. The molecule has 15 heteroatoms. The number of anilines is 1. The molecule has 0 aromatic carbocycles. The zero-order valence-corrected chi connectivity index (χ0v) is 28.0. The molecular formula is C32H42ClF3N6O5. The Morgan fingerprint density at radius 2 is 1.70 bits per heavy atom. The number of rotatable bonds is 10. The lowest BCUT2D eigenvalue weighted by Gasteiger charge is -2.42. The number of ether oxygens (including phenoxy) is 4. The fraction of sp³-hybridized carbons (Fsp3) is 0.688. The molecule has 1 amide bonds. The van der Waals surface area contributed by atoms with Crippen LogP contribution in [-0.2, 0) is 9.47 Å². The lowest BCUT2D eigenvalue weighted by atomic mass is 10.0. The van der Waals surface area contributed by atoms with Gasteiger partial charge in [-0.1, -0.05) is 11.6 Å². The smallest absolute Gasteiger partial charge is 0.410 e. The fourth-order valence-corrected chi connectivity index (χ4v) is 6.94. The zero-order chi connectivity index (χ0) is 33.5. The van der Waals surface area contributed by atoms with Crippen molar-refractivity contribution in [3.8, 4) is 11.9 Å².